The Morgan fingerprint density at radius 1 is 1.27 bits per heavy atom. The number of hydrogen-bond acceptors (Lipinski definition) is 0. The molecule has 0 aromatic rings. The molecule has 0 aromatic carbocycles. The molecule has 0 heteroatoms. The van der Waals surface area contributed by atoms with E-state index in [4.69, 9.17) is 0 Å². The van der Waals surface area contributed by atoms with E-state index in [0.29, 0.717) is 0 Å². The highest BCUT2D eigenvalue weighted by Crippen LogP contribution is 2.20. The molecule has 0 bridgehead atoms. The summed E-state index contributed by atoms with van der Waals surface area (Å²) in [4.78, 5) is 0. The van der Waals surface area contributed by atoms with E-state index in [9.17, 15) is 0 Å². The zero-order chi connectivity index (χ0) is 8.85. The third-order valence-corrected chi connectivity index (χ3v) is 2.58. The fraction of sp³-hybridized carbons (Fsp3) is 0.818. The largest absolute Gasteiger partial charge is 0.0885 e. The lowest BCUT2D eigenvalue weighted by atomic mass is 9.90. The van der Waals surface area contributed by atoms with E-state index in [-0.39, 0.29) is 0 Å². The van der Waals surface area contributed by atoms with Crippen LogP contribution in [-0.2, 0) is 0 Å². The molecule has 0 aromatic heterocycles. The van der Waals surface area contributed by atoms with Gasteiger partial charge in [0, 0.05) is 0 Å². The average Bonchev–Trinajstić information content (AvgIpc) is 1.99. The van der Waals surface area contributed by atoms with Gasteiger partial charge in [-0.25, -0.2) is 0 Å². The molecular weight excluding hydrogens is 132 g/mol. The molecular formula is C11H22. The van der Waals surface area contributed by atoms with Crippen molar-refractivity contribution >= 4 is 0 Å². The summed E-state index contributed by atoms with van der Waals surface area (Å²) in [5, 5.41) is 0. The van der Waals surface area contributed by atoms with Gasteiger partial charge in [-0.1, -0.05) is 39.3 Å². The van der Waals surface area contributed by atoms with E-state index in [1.165, 1.54) is 12.8 Å². The lowest BCUT2D eigenvalue weighted by Gasteiger charge is -2.16. The molecule has 0 heterocycles. The van der Waals surface area contributed by atoms with Crippen LogP contribution >= 0.6 is 0 Å². The summed E-state index contributed by atoms with van der Waals surface area (Å²) in [5.74, 6) is 1.65. The van der Waals surface area contributed by atoms with Crippen LogP contribution in [0, 0.1) is 11.8 Å². The van der Waals surface area contributed by atoms with Crippen molar-refractivity contribution in [2.24, 2.45) is 11.8 Å². The highest BCUT2D eigenvalue weighted by molar-refractivity contribution is 5.00. The fourth-order valence-electron chi connectivity index (χ4n) is 1.12. The van der Waals surface area contributed by atoms with E-state index in [0.717, 1.165) is 11.8 Å². The molecule has 0 saturated carbocycles. The van der Waals surface area contributed by atoms with Crippen LogP contribution < -0.4 is 0 Å². The van der Waals surface area contributed by atoms with Crippen LogP contribution in [0.25, 0.3) is 0 Å². The summed E-state index contributed by atoms with van der Waals surface area (Å²) in [6.45, 7) is 11.3. The first-order valence-corrected chi connectivity index (χ1v) is 4.75. The molecule has 66 valence electrons. The summed E-state index contributed by atoms with van der Waals surface area (Å²) in [6.07, 6.45) is 4.76. The summed E-state index contributed by atoms with van der Waals surface area (Å²) < 4.78 is 0. The molecule has 0 N–H and O–H groups in total. The van der Waals surface area contributed by atoms with E-state index in [1.807, 2.05) is 0 Å². The van der Waals surface area contributed by atoms with Crippen LogP contribution in [0.4, 0.5) is 0 Å². The van der Waals surface area contributed by atoms with Crippen molar-refractivity contribution in [1.82, 2.24) is 0 Å². The van der Waals surface area contributed by atoms with Gasteiger partial charge in [0.25, 0.3) is 0 Å². The van der Waals surface area contributed by atoms with Gasteiger partial charge in [-0.3, -0.25) is 0 Å². The lowest BCUT2D eigenvalue weighted by molar-refractivity contribution is 0.413. The Morgan fingerprint density at radius 2 is 1.82 bits per heavy atom. The third-order valence-electron chi connectivity index (χ3n) is 2.58. The molecule has 0 spiro atoms. The zero-order valence-electron chi connectivity index (χ0n) is 8.65. The predicted molar refractivity (Wildman–Crippen MR) is 52.7 cm³/mol. The SMILES string of the molecule is CC=C(CC)CC(C)C(C)C. The molecule has 0 nitrogen and oxygen atoms in total. The second kappa shape index (κ2) is 5.40. The molecule has 0 radical (unpaired) electrons. The molecule has 0 aliphatic rings. The van der Waals surface area contributed by atoms with Crippen LogP contribution in [-0.4, -0.2) is 0 Å². The molecule has 0 rings (SSSR count). The second-order valence-corrected chi connectivity index (χ2v) is 3.73. The zero-order valence-corrected chi connectivity index (χ0v) is 8.65. The summed E-state index contributed by atoms with van der Waals surface area (Å²) in [7, 11) is 0. The first-order valence-electron chi connectivity index (χ1n) is 4.75. The maximum Gasteiger partial charge on any atom is -0.0292 e. The van der Waals surface area contributed by atoms with E-state index in [2.05, 4.69) is 40.7 Å². The third kappa shape index (κ3) is 4.23. The number of rotatable bonds is 4. The maximum absolute atomic E-state index is 2.34. The fourth-order valence-corrected chi connectivity index (χ4v) is 1.12. The molecule has 1 unspecified atom stereocenters. The van der Waals surface area contributed by atoms with Crippen molar-refractivity contribution in [3.8, 4) is 0 Å². The van der Waals surface area contributed by atoms with Crippen molar-refractivity contribution in [2.45, 2.75) is 47.5 Å². The minimum Gasteiger partial charge on any atom is -0.0885 e. The molecule has 0 aliphatic carbocycles. The molecule has 1 atom stereocenters. The Labute approximate surface area is 71.7 Å². The van der Waals surface area contributed by atoms with E-state index in [1.54, 1.807) is 5.57 Å². The lowest BCUT2D eigenvalue weighted by Crippen LogP contribution is -2.04. The van der Waals surface area contributed by atoms with Crippen molar-refractivity contribution in [3.63, 3.8) is 0 Å². The van der Waals surface area contributed by atoms with Gasteiger partial charge in [0.05, 0.1) is 0 Å². The van der Waals surface area contributed by atoms with Crippen molar-refractivity contribution in [2.75, 3.05) is 0 Å². The van der Waals surface area contributed by atoms with Gasteiger partial charge in [-0.15, -0.1) is 0 Å². The molecule has 11 heavy (non-hydrogen) atoms. The second-order valence-electron chi connectivity index (χ2n) is 3.73. The summed E-state index contributed by atoms with van der Waals surface area (Å²) in [6, 6.07) is 0. The van der Waals surface area contributed by atoms with Crippen LogP contribution in [0.2, 0.25) is 0 Å². The monoisotopic (exact) mass is 154 g/mol. The normalized spacial score (nSPS) is 15.6. The minimum absolute atomic E-state index is 0.816. The standard InChI is InChI=1S/C11H22/c1-6-11(7-2)8-10(5)9(3)4/h6,9-10H,7-8H2,1-5H3. The topological polar surface area (TPSA) is 0 Å². The number of allylic oxidation sites excluding steroid dienone is 2. The average molecular weight is 154 g/mol. The van der Waals surface area contributed by atoms with Crippen molar-refractivity contribution in [3.05, 3.63) is 11.6 Å². The van der Waals surface area contributed by atoms with Gasteiger partial charge < -0.3 is 0 Å². The highest BCUT2D eigenvalue weighted by Gasteiger charge is 2.07. The Hall–Kier alpha value is -0.260. The quantitative estimate of drug-likeness (QED) is 0.536. The number of hydrogen-bond donors (Lipinski definition) is 0. The van der Waals surface area contributed by atoms with Gasteiger partial charge >= 0.3 is 0 Å². The summed E-state index contributed by atoms with van der Waals surface area (Å²) in [5.41, 5.74) is 1.60. The predicted octanol–water partition coefficient (Wildman–Crippen LogP) is 4.02. The Morgan fingerprint density at radius 3 is 2.09 bits per heavy atom. The highest BCUT2D eigenvalue weighted by atomic mass is 14.1. The van der Waals surface area contributed by atoms with Crippen molar-refractivity contribution < 1.29 is 0 Å². The van der Waals surface area contributed by atoms with Crippen LogP contribution in [0.5, 0.6) is 0 Å². The van der Waals surface area contributed by atoms with Gasteiger partial charge in [0.2, 0.25) is 0 Å². The molecule has 0 saturated heterocycles. The van der Waals surface area contributed by atoms with Gasteiger partial charge in [0.1, 0.15) is 0 Å². The summed E-state index contributed by atoms with van der Waals surface area (Å²) >= 11 is 0. The van der Waals surface area contributed by atoms with Crippen molar-refractivity contribution in [1.29, 1.82) is 0 Å². The van der Waals surface area contributed by atoms with Gasteiger partial charge in [-0.2, -0.15) is 0 Å². The minimum atomic E-state index is 0.816. The smallest absolute Gasteiger partial charge is 0.0292 e. The molecule has 0 aliphatic heterocycles. The van der Waals surface area contributed by atoms with E-state index < -0.39 is 0 Å². The van der Waals surface area contributed by atoms with Crippen LogP contribution in [0.3, 0.4) is 0 Å². The molecule has 0 amide bonds. The van der Waals surface area contributed by atoms with Gasteiger partial charge in [-0.05, 0) is 31.6 Å². The molecule has 0 fully saturated rings. The Balaban J connectivity index is 3.82. The maximum atomic E-state index is 2.34. The van der Waals surface area contributed by atoms with Gasteiger partial charge in [0.15, 0.2) is 0 Å². The first-order chi connectivity index (χ1) is 5.11. The van der Waals surface area contributed by atoms with E-state index >= 15 is 0 Å². The van der Waals surface area contributed by atoms with Crippen LogP contribution in [0.1, 0.15) is 47.5 Å². The Bertz CT molecular complexity index is 120. The Kier molecular flexibility index (Phi) is 5.27. The first kappa shape index (κ1) is 10.7. The van der Waals surface area contributed by atoms with Crippen LogP contribution in [0.15, 0.2) is 11.6 Å².